The fraction of sp³-hybridized carbons (Fsp3) is 0.333. The quantitative estimate of drug-likeness (QED) is 0.834. The lowest BCUT2D eigenvalue weighted by Gasteiger charge is -2.08. The van der Waals surface area contributed by atoms with Crippen molar-refractivity contribution in [1.82, 2.24) is 0 Å². The van der Waals surface area contributed by atoms with E-state index in [1.165, 1.54) is 17.7 Å². The Kier molecular flexibility index (Phi) is 4.48. The Morgan fingerprint density at radius 1 is 1.47 bits per heavy atom. The molecule has 0 amide bonds. The molecule has 0 aliphatic rings. The zero-order chi connectivity index (χ0) is 11.4. The molecule has 0 heterocycles. The molecule has 0 saturated heterocycles. The molecule has 82 valence electrons. The van der Waals surface area contributed by atoms with Crippen LogP contribution in [0.5, 0.6) is 0 Å². The molecular formula is C12H14BrFO. The second-order valence-electron chi connectivity index (χ2n) is 3.67. The summed E-state index contributed by atoms with van der Waals surface area (Å²) in [5, 5.41) is 9.12. The first-order valence-corrected chi connectivity index (χ1v) is 5.55. The molecule has 0 aliphatic carbocycles. The maximum Gasteiger partial charge on any atom is 0.124 e. The van der Waals surface area contributed by atoms with Crippen molar-refractivity contribution in [2.24, 2.45) is 0 Å². The van der Waals surface area contributed by atoms with Crippen molar-refractivity contribution in [3.8, 4) is 0 Å². The smallest absolute Gasteiger partial charge is 0.124 e. The van der Waals surface area contributed by atoms with Gasteiger partial charge in [-0.1, -0.05) is 27.6 Å². The molecule has 0 unspecified atom stereocenters. The lowest BCUT2D eigenvalue weighted by atomic mass is 10.0. The van der Waals surface area contributed by atoms with Crippen LogP contribution >= 0.6 is 15.9 Å². The number of halogens is 2. The number of aliphatic hydroxyl groups is 1. The average Bonchev–Trinajstić information content (AvgIpc) is 2.14. The largest absolute Gasteiger partial charge is 0.392 e. The molecule has 0 radical (unpaired) electrons. The number of benzene rings is 1. The molecule has 1 N–H and O–H groups in total. The molecule has 0 fully saturated rings. The van der Waals surface area contributed by atoms with Crippen molar-refractivity contribution >= 4 is 15.9 Å². The highest BCUT2D eigenvalue weighted by Gasteiger charge is 2.07. The van der Waals surface area contributed by atoms with Crippen LogP contribution in [0.1, 0.15) is 25.0 Å². The molecule has 0 saturated carbocycles. The van der Waals surface area contributed by atoms with Crippen LogP contribution in [0.3, 0.4) is 0 Å². The number of hydrogen-bond donors (Lipinski definition) is 1. The molecule has 3 heteroatoms. The van der Waals surface area contributed by atoms with Crippen molar-refractivity contribution in [2.75, 3.05) is 0 Å². The Morgan fingerprint density at radius 2 is 2.13 bits per heavy atom. The minimum atomic E-state index is -0.327. The van der Waals surface area contributed by atoms with Gasteiger partial charge in [0.1, 0.15) is 5.82 Å². The fourth-order valence-electron chi connectivity index (χ4n) is 1.33. The maximum absolute atomic E-state index is 13.0. The van der Waals surface area contributed by atoms with Crippen LogP contribution in [-0.4, -0.2) is 5.11 Å². The summed E-state index contributed by atoms with van der Waals surface area (Å²) < 4.78 is 13.7. The van der Waals surface area contributed by atoms with E-state index in [0.29, 0.717) is 16.5 Å². The minimum Gasteiger partial charge on any atom is -0.392 e. The van der Waals surface area contributed by atoms with Gasteiger partial charge in [0.2, 0.25) is 0 Å². The first kappa shape index (κ1) is 12.4. The highest BCUT2D eigenvalue weighted by atomic mass is 79.9. The standard InChI is InChI=1S/C12H14BrFO/c1-8(2)3-4-11-9(7-15)5-10(14)6-12(11)13/h3,5-6,15H,4,7H2,1-2H3. The summed E-state index contributed by atoms with van der Waals surface area (Å²) in [5.74, 6) is -0.327. The predicted molar refractivity (Wildman–Crippen MR) is 63.2 cm³/mol. The van der Waals surface area contributed by atoms with Crippen molar-refractivity contribution in [2.45, 2.75) is 26.9 Å². The van der Waals surface area contributed by atoms with E-state index in [1.807, 2.05) is 13.8 Å². The Balaban J connectivity index is 3.09. The van der Waals surface area contributed by atoms with Crippen LogP contribution in [-0.2, 0) is 13.0 Å². The van der Waals surface area contributed by atoms with Crippen molar-refractivity contribution in [3.63, 3.8) is 0 Å². The van der Waals surface area contributed by atoms with Gasteiger partial charge in [-0.05, 0) is 43.5 Å². The van der Waals surface area contributed by atoms with Gasteiger partial charge < -0.3 is 5.11 Å². The summed E-state index contributed by atoms with van der Waals surface area (Å²) in [6, 6.07) is 2.80. The van der Waals surface area contributed by atoms with Gasteiger partial charge in [0.05, 0.1) is 6.61 Å². The molecular weight excluding hydrogens is 259 g/mol. The Hall–Kier alpha value is -0.670. The van der Waals surface area contributed by atoms with Crippen molar-refractivity contribution in [1.29, 1.82) is 0 Å². The van der Waals surface area contributed by atoms with Crippen LogP contribution in [0.2, 0.25) is 0 Å². The molecule has 0 bridgehead atoms. The minimum absolute atomic E-state index is 0.137. The van der Waals surface area contributed by atoms with Crippen LogP contribution < -0.4 is 0 Å². The molecule has 0 atom stereocenters. The number of aliphatic hydroxyl groups excluding tert-OH is 1. The number of allylic oxidation sites excluding steroid dienone is 2. The van der Waals surface area contributed by atoms with E-state index in [0.717, 1.165) is 5.56 Å². The lowest BCUT2D eigenvalue weighted by Crippen LogP contribution is -1.96. The molecule has 1 aromatic carbocycles. The van der Waals surface area contributed by atoms with Crippen LogP contribution in [0, 0.1) is 5.82 Å². The molecule has 15 heavy (non-hydrogen) atoms. The topological polar surface area (TPSA) is 20.2 Å². The molecule has 0 aromatic heterocycles. The van der Waals surface area contributed by atoms with Crippen LogP contribution in [0.15, 0.2) is 28.3 Å². The van der Waals surface area contributed by atoms with Crippen LogP contribution in [0.4, 0.5) is 4.39 Å². The van der Waals surface area contributed by atoms with Crippen LogP contribution in [0.25, 0.3) is 0 Å². The van der Waals surface area contributed by atoms with Gasteiger partial charge >= 0.3 is 0 Å². The summed E-state index contributed by atoms with van der Waals surface area (Å²) in [4.78, 5) is 0. The average molecular weight is 273 g/mol. The highest BCUT2D eigenvalue weighted by Crippen LogP contribution is 2.24. The summed E-state index contributed by atoms with van der Waals surface area (Å²) >= 11 is 3.31. The van der Waals surface area contributed by atoms with Crippen molar-refractivity contribution < 1.29 is 9.50 Å². The van der Waals surface area contributed by atoms with E-state index in [1.54, 1.807) is 0 Å². The van der Waals surface area contributed by atoms with E-state index in [4.69, 9.17) is 5.11 Å². The van der Waals surface area contributed by atoms with Gasteiger partial charge in [0.15, 0.2) is 0 Å². The molecule has 0 aliphatic heterocycles. The summed E-state index contributed by atoms with van der Waals surface area (Å²) in [5.41, 5.74) is 2.79. The van der Waals surface area contributed by atoms with Gasteiger partial charge in [0.25, 0.3) is 0 Å². The Morgan fingerprint density at radius 3 is 2.67 bits per heavy atom. The first-order chi connectivity index (χ1) is 7.04. The fourth-order valence-corrected chi connectivity index (χ4v) is 1.97. The monoisotopic (exact) mass is 272 g/mol. The number of hydrogen-bond acceptors (Lipinski definition) is 1. The summed E-state index contributed by atoms with van der Waals surface area (Å²) in [6.07, 6.45) is 2.76. The molecule has 0 spiro atoms. The zero-order valence-electron chi connectivity index (χ0n) is 8.85. The van der Waals surface area contributed by atoms with E-state index in [-0.39, 0.29) is 12.4 Å². The number of rotatable bonds is 3. The second kappa shape index (κ2) is 5.42. The highest BCUT2D eigenvalue weighted by molar-refractivity contribution is 9.10. The third kappa shape index (κ3) is 3.43. The van der Waals surface area contributed by atoms with Gasteiger partial charge in [-0.15, -0.1) is 0 Å². The third-order valence-electron chi connectivity index (χ3n) is 2.14. The van der Waals surface area contributed by atoms with Gasteiger partial charge in [-0.2, -0.15) is 0 Å². The van der Waals surface area contributed by atoms with E-state index in [9.17, 15) is 4.39 Å². The van der Waals surface area contributed by atoms with Gasteiger partial charge in [-0.3, -0.25) is 0 Å². The summed E-state index contributed by atoms with van der Waals surface area (Å²) in [7, 11) is 0. The van der Waals surface area contributed by atoms with E-state index >= 15 is 0 Å². The van der Waals surface area contributed by atoms with E-state index < -0.39 is 0 Å². The van der Waals surface area contributed by atoms with Gasteiger partial charge in [0, 0.05) is 4.47 Å². The Bertz CT molecular complexity index is 381. The molecule has 1 aromatic rings. The lowest BCUT2D eigenvalue weighted by molar-refractivity contribution is 0.280. The van der Waals surface area contributed by atoms with E-state index in [2.05, 4.69) is 22.0 Å². The maximum atomic E-state index is 13.0. The normalized spacial score (nSPS) is 10.2. The van der Waals surface area contributed by atoms with Crippen molar-refractivity contribution in [3.05, 3.63) is 45.2 Å². The first-order valence-electron chi connectivity index (χ1n) is 4.75. The summed E-state index contributed by atoms with van der Waals surface area (Å²) in [6.45, 7) is 3.88. The second-order valence-corrected chi connectivity index (χ2v) is 4.52. The SMILES string of the molecule is CC(C)=CCc1c(Br)cc(F)cc1CO. The molecule has 1 rings (SSSR count). The third-order valence-corrected chi connectivity index (χ3v) is 2.84. The Labute approximate surface area is 97.8 Å². The zero-order valence-corrected chi connectivity index (χ0v) is 10.4. The molecule has 1 nitrogen and oxygen atoms in total. The van der Waals surface area contributed by atoms with Gasteiger partial charge in [-0.25, -0.2) is 4.39 Å². The predicted octanol–water partition coefficient (Wildman–Crippen LogP) is 3.59.